The Morgan fingerprint density at radius 2 is 2.21 bits per heavy atom. The number of carbonyl (C=O) groups is 1. The molecular formula is C15H21FN2O. The van der Waals surface area contributed by atoms with E-state index < -0.39 is 0 Å². The van der Waals surface area contributed by atoms with Crippen molar-refractivity contribution in [2.24, 2.45) is 17.6 Å². The molecule has 2 rings (SSSR count). The number of nitrogens with zero attached hydrogens (tertiary/aromatic N) is 1. The molecule has 0 saturated carbocycles. The van der Waals surface area contributed by atoms with Gasteiger partial charge in [-0.15, -0.1) is 0 Å². The zero-order valence-corrected chi connectivity index (χ0v) is 11.5. The molecule has 0 unspecified atom stereocenters. The Hall–Kier alpha value is -1.42. The first kappa shape index (κ1) is 14.0. The van der Waals surface area contributed by atoms with Gasteiger partial charge in [0.2, 0.25) is 5.91 Å². The molecule has 3 nitrogen and oxygen atoms in total. The summed E-state index contributed by atoms with van der Waals surface area (Å²) in [6.07, 6.45) is 0.809. The van der Waals surface area contributed by atoms with E-state index in [9.17, 15) is 9.18 Å². The summed E-state index contributed by atoms with van der Waals surface area (Å²) in [5, 5.41) is 0. The third-order valence-corrected chi connectivity index (χ3v) is 3.83. The van der Waals surface area contributed by atoms with Crippen LogP contribution in [0, 0.1) is 17.7 Å². The van der Waals surface area contributed by atoms with E-state index in [2.05, 4.69) is 6.92 Å². The van der Waals surface area contributed by atoms with E-state index in [1.165, 1.54) is 6.07 Å². The highest BCUT2D eigenvalue weighted by Crippen LogP contribution is 2.37. The first-order valence-electron chi connectivity index (χ1n) is 6.79. The number of likely N-dealkylation sites (tertiary alicyclic amines) is 1. The van der Waals surface area contributed by atoms with Gasteiger partial charge in [-0.1, -0.05) is 32.0 Å². The first-order chi connectivity index (χ1) is 9.04. The zero-order valence-electron chi connectivity index (χ0n) is 11.5. The number of benzene rings is 1. The Labute approximate surface area is 113 Å². The summed E-state index contributed by atoms with van der Waals surface area (Å²) in [4.78, 5) is 14.1. The second-order valence-corrected chi connectivity index (χ2v) is 5.51. The van der Waals surface area contributed by atoms with Gasteiger partial charge < -0.3 is 10.6 Å². The minimum absolute atomic E-state index is 0.0279. The molecule has 0 bridgehead atoms. The zero-order chi connectivity index (χ0) is 14.0. The van der Waals surface area contributed by atoms with Crippen LogP contribution in [0.4, 0.5) is 4.39 Å². The van der Waals surface area contributed by atoms with Gasteiger partial charge in [-0.25, -0.2) is 4.39 Å². The molecule has 19 heavy (non-hydrogen) atoms. The Balaban J connectivity index is 2.28. The lowest BCUT2D eigenvalue weighted by Crippen LogP contribution is -2.38. The molecule has 104 valence electrons. The van der Waals surface area contributed by atoms with Crippen molar-refractivity contribution in [2.75, 3.05) is 13.1 Å². The summed E-state index contributed by atoms with van der Waals surface area (Å²) in [6, 6.07) is 6.55. The maximum Gasteiger partial charge on any atom is 0.227 e. The first-order valence-corrected chi connectivity index (χ1v) is 6.79. The van der Waals surface area contributed by atoms with Gasteiger partial charge in [-0.05, 0) is 18.4 Å². The fourth-order valence-electron chi connectivity index (χ4n) is 2.71. The van der Waals surface area contributed by atoms with Crippen LogP contribution < -0.4 is 5.73 Å². The smallest absolute Gasteiger partial charge is 0.227 e. The van der Waals surface area contributed by atoms with Gasteiger partial charge in [0, 0.05) is 24.6 Å². The van der Waals surface area contributed by atoms with Crippen molar-refractivity contribution in [3.05, 3.63) is 35.6 Å². The van der Waals surface area contributed by atoms with Crippen molar-refractivity contribution < 1.29 is 9.18 Å². The van der Waals surface area contributed by atoms with Crippen molar-refractivity contribution in [2.45, 2.75) is 26.3 Å². The van der Waals surface area contributed by atoms with E-state index in [1.807, 2.05) is 13.0 Å². The molecule has 1 aliphatic rings. The van der Waals surface area contributed by atoms with Crippen molar-refractivity contribution >= 4 is 5.91 Å². The number of nitrogens with two attached hydrogens (primary N) is 1. The molecule has 3 atom stereocenters. The SMILES string of the molecule is C[C@@H]1C[C@H](c2ccccc2F)N(C(=O)[C@H](C)CN)C1. The molecule has 1 saturated heterocycles. The number of rotatable bonds is 3. The molecule has 1 fully saturated rings. The summed E-state index contributed by atoms with van der Waals surface area (Å²) >= 11 is 0. The van der Waals surface area contributed by atoms with Crippen LogP contribution in [0.5, 0.6) is 0 Å². The predicted octanol–water partition coefficient (Wildman–Crippen LogP) is 2.33. The highest BCUT2D eigenvalue weighted by Gasteiger charge is 2.36. The average Bonchev–Trinajstić information content (AvgIpc) is 2.79. The largest absolute Gasteiger partial charge is 0.335 e. The van der Waals surface area contributed by atoms with Gasteiger partial charge in [0.05, 0.1) is 6.04 Å². The second-order valence-electron chi connectivity index (χ2n) is 5.51. The number of halogens is 1. The quantitative estimate of drug-likeness (QED) is 0.910. The lowest BCUT2D eigenvalue weighted by molar-refractivity contribution is -0.135. The Kier molecular flexibility index (Phi) is 4.20. The van der Waals surface area contributed by atoms with Crippen LogP contribution in [0.2, 0.25) is 0 Å². The van der Waals surface area contributed by atoms with Crippen LogP contribution in [0.3, 0.4) is 0 Å². The molecule has 0 aromatic heterocycles. The molecule has 1 aliphatic heterocycles. The molecule has 1 aromatic rings. The van der Waals surface area contributed by atoms with E-state index in [0.717, 1.165) is 6.42 Å². The van der Waals surface area contributed by atoms with E-state index >= 15 is 0 Å². The minimum Gasteiger partial charge on any atom is -0.335 e. The highest BCUT2D eigenvalue weighted by atomic mass is 19.1. The number of carbonyl (C=O) groups excluding carboxylic acids is 1. The summed E-state index contributed by atoms with van der Waals surface area (Å²) in [6.45, 7) is 4.92. The molecule has 0 radical (unpaired) electrons. The summed E-state index contributed by atoms with van der Waals surface area (Å²) in [5.41, 5.74) is 6.18. The molecule has 4 heteroatoms. The van der Waals surface area contributed by atoms with E-state index in [-0.39, 0.29) is 23.7 Å². The van der Waals surface area contributed by atoms with Crippen molar-refractivity contribution in [3.63, 3.8) is 0 Å². The fraction of sp³-hybridized carbons (Fsp3) is 0.533. The minimum atomic E-state index is -0.236. The highest BCUT2D eigenvalue weighted by molar-refractivity contribution is 5.79. The second kappa shape index (κ2) is 5.70. The normalized spacial score (nSPS) is 24.5. The van der Waals surface area contributed by atoms with E-state index in [1.54, 1.807) is 17.0 Å². The Bertz CT molecular complexity index is 463. The summed E-state index contributed by atoms with van der Waals surface area (Å²) in [7, 11) is 0. The number of hydrogen-bond acceptors (Lipinski definition) is 2. The van der Waals surface area contributed by atoms with Crippen LogP contribution >= 0.6 is 0 Å². The lowest BCUT2D eigenvalue weighted by Gasteiger charge is -2.27. The van der Waals surface area contributed by atoms with Crippen LogP contribution in [0.15, 0.2) is 24.3 Å². The molecule has 0 spiro atoms. The van der Waals surface area contributed by atoms with Crippen molar-refractivity contribution in [1.82, 2.24) is 4.90 Å². The fourth-order valence-corrected chi connectivity index (χ4v) is 2.71. The standard InChI is InChI=1S/C15H21FN2O/c1-10-7-14(12-5-3-4-6-13(12)16)18(9-10)15(19)11(2)8-17/h3-6,10-11,14H,7-9,17H2,1-2H3/t10-,11-,14-/m1/s1. The molecule has 0 aliphatic carbocycles. The third kappa shape index (κ3) is 2.78. The van der Waals surface area contributed by atoms with Crippen LogP contribution in [0.25, 0.3) is 0 Å². The maximum atomic E-state index is 13.9. The third-order valence-electron chi connectivity index (χ3n) is 3.83. The van der Waals surface area contributed by atoms with Gasteiger partial charge in [-0.3, -0.25) is 4.79 Å². The van der Waals surface area contributed by atoms with Gasteiger partial charge in [0.25, 0.3) is 0 Å². The molecule has 2 N–H and O–H groups in total. The van der Waals surface area contributed by atoms with Crippen molar-refractivity contribution in [1.29, 1.82) is 0 Å². The predicted molar refractivity (Wildman–Crippen MR) is 72.9 cm³/mol. The van der Waals surface area contributed by atoms with Gasteiger partial charge >= 0.3 is 0 Å². The number of hydrogen-bond donors (Lipinski definition) is 1. The van der Waals surface area contributed by atoms with Gasteiger partial charge in [0.1, 0.15) is 5.82 Å². The van der Waals surface area contributed by atoms with Crippen molar-refractivity contribution in [3.8, 4) is 0 Å². The Morgan fingerprint density at radius 1 is 1.53 bits per heavy atom. The van der Waals surface area contributed by atoms with Gasteiger partial charge in [-0.2, -0.15) is 0 Å². The molecule has 1 heterocycles. The Morgan fingerprint density at radius 3 is 2.84 bits per heavy atom. The maximum absolute atomic E-state index is 13.9. The van der Waals surface area contributed by atoms with Crippen LogP contribution in [-0.2, 0) is 4.79 Å². The lowest BCUT2D eigenvalue weighted by atomic mass is 10.00. The van der Waals surface area contributed by atoms with Crippen LogP contribution in [0.1, 0.15) is 31.9 Å². The monoisotopic (exact) mass is 264 g/mol. The number of amides is 1. The average molecular weight is 264 g/mol. The van der Waals surface area contributed by atoms with E-state index in [4.69, 9.17) is 5.73 Å². The van der Waals surface area contributed by atoms with Gasteiger partial charge in [0.15, 0.2) is 0 Å². The van der Waals surface area contributed by atoms with E-state index in [0.29, 0.717) is 24.6 Å². The molecule has 1 aromatic carbocycles. The molecule has 1 amide bonds. The van der Waals surface area contributed by atoms with Crippen LogP contribution in [-0.4, -0.2) is 23.9 Å². The topological polar surface area (TPSA) is 46.3 Å². The summed E-state index contributed by atoms with van der Waals surface area (Å²) in [5.74, 6) is -0.0296. The summed E-state index contributed by atoms with van der Waals surface area (Å²) < 4.78 is 13.9. The molecular weight excluding hydrogens is 243 g/mol.